The molecular formula is C32H40N4O5. The molecule has 2 aliphatic rings. The molecule has 9 nitrogen and oxygen atoms in total. The quantitative estimate of drug-likeness (QED) is 0.434. The van der Waals surface area contributed by atoms with Crippen molar-refractivity contribution in [2.24, 2.45) is 0 Å². The van der Waals surface area contributed by atoms with Crippen LogP contribution in [-0.4, -0.2) is 79.8 Å². The van der Waals surface area contributed by atoms with Crippen molar-refractivity contribution in [2.75, 3.05) is 47.0 Å². The van der Waals surface area contributed by atoms with Crippen LogP contribution in [-0.2, 0) is 34.0 Å². The second-order valence-electron chi connectivity index (χ2n) is 10.7. The van der Waals surface area contributed by atoms with Crippen LogP contribution < -0.4 is 14.8 Å². The van der Waals surface area contributed by atoms with Crippen molar-refractivity contribution < 1.29 is 23.7 Å². The molecule has 5 rings (SSSR count). The van der Waals surface area contributed by atoms with Crippen molar-refractivity contribution in [1.82, 2.24) is 20.1 Å². The van der Waals surface area contributed by atoms with E-state index in [0.717, 1.165) is 55.0 Å². The minimum atomic E-state index is -0.138. The normalized spacial score (nSPS) is 20.5. The molecule has 2 aliphatic heterocycles. The lowest BCUT2D eigenvalue weighted by atomic mass is 10.0. The monoisotopic (exact) mass is 560 g/mol. The molecule has 0 unspecified atom stereocenters. The van der Waals surface area contributed by atoms with E-state index in [2.05, 4.69) is 20.1 Å². The number of carbonyl (C=O) groups is 1. The number of pyridine rings is 1. The van der Waals surface area contributed by atoms with Crippen LogP contribution in [0.1, 0.15) is 29.7 Å². The Hall–Kier alpha value is -3.50. The van der Waals surface area contributed by atoms with Crippen LogP contribution in [0.5, 0.6) is 17.2 Å². The highest BCUT2D eigenvalue weighted by molar-refractivity contribution is 5.78. The number of hydrogen-bond acceptors (Lipinski definition) is 8. The molecule has 0 aliphatic carbocycles. The van der Waals surface area contributed by atoms with Crippen LogP contribution in [0.3, 0.4) is 0 Å². The summed E-state index contributed by atoms with van der Waals surface area (Å²) in [5.74, 6) is 2.00. The zero-order chi connectivity index (χ0) is 28.4. The van der Waals surface area contributed by atoms with E-state index in [9.17, 15) is 4.79 Å². The summed E-state index contributed by atoms with van der Waals surface area (Å²) in [5.41, 5.74) is 3.07. The molecule has 0 saturated carbocycles. The Morgan fingerprint density at radius 1 is 1.02 bits per heavy atom. The molecular weight excluding hydrogens is 520 g/mol. The van der Waals surface area contributed by atoms with Gasteiger partial charge in [-0.3, -0.25) is 19.6 Å². The Morgan fingerprint density at radius 2 is 1.95 bits per heavy atom. The third-order valence-electron chi connectivity index (χ3n) is 7.51. The van der Waals surface area contributed by atoms with Crippen LogP contribution in [0.2, 0.25) is 0 Å². The van der Waals surface area contributed by atoms with Gasteiger partial charge in [-0.1, -0.05) is 24.3 Å². The number of benzene rings is 2. The summed E-state index contributed by atoms with van der Waals surface area (Å²) in [6.07, 6.45) is 3.35. The van der Waals surface area contributed by atoms with E-state index in [0.29, 0.717) is 37.8 Å². The summed E-state index contributed by atoms with van der Waals surface area (Å²) in [6, 6.07) is 19.7. The van der Waals surface area contributed by atoms with Crippen LogP contribution >= 0.6 is 0 Å². The van der Waals surface area contributed by atoms with E-state index in [1.54, 1.807) is 14.2 Å². The first-order valence-electron chi connectivity index (χ1n) is 14.3. The first-order chi connectivity index (χ1) is 20.1. The summed E-state index contributed by atoms with van der Waals surface area (Å²) < 4.78 is 23.6. The Morgan fingerprint density at radius 3 is 2.78 bits per heavy atom. The topological polar surface area (TPSA) is 85.4 Å². The SMILES string of the molecule is COCCCN1CC(=O)N[C@H]2CN(Cc3ccccn3)CC[C@H]2OCc2cccc(c2)Oc2cc(ccc2OC)C1. The molecule has 1 aromatic heterocycles. The maximum Gasteiger partial charge on any atom is 0.234 e. The second kappa shape index (κ2) is 14.4. The number of fused-ring (bicyclic) bond motifs is 5. The summed E-state index contributed by atoms with van der Waals surface area (Å²) in [5, 5.41) is 3.33. The largest absolute Gasteiger partial charge is 0.493 e. The number of rotatable bonds is 7. The predicted octanol–water partition coefficient (Wildman–Crippen LogP) is 4.01. The molecule has 1 fully saturated rings. The van der Waals surface area contributed by atoms with Crippen molar-refractivity contribution >= 4 is 5.91 Å². The highest BCUT2D eigenvalue weighted by Crippen LogP contribution is 2.33. The molecule has 41 heavy (non-hydrogen) atoms. The van der Waals surface area contributed by atoms with Gasteiger partial charge in [0.25, 0.3) is 0 Å². The summed E-state index contributed by atoms with van der Waals surface area (Å²) in [7, 11) is 3.33. The lowest BCUT2D eigenvalue weighted by molar-refractivity contribution is -0.125. The third kappa shape index (κ3) is 8.27. The van der Waals surface area contributed by atoms with E-state index in [1.807, 2.05) is 66.9 Å². The number of nitrogens with zero attached hydrogens (tertiary/aromatic N) is 3. The minimum absolute atomic E-state index is 0.0141. The van der Waals surface area contributed by atoms with Gasteiger partial charge < -0.3 is 24.3 Å². The standard InChI is InChI=1S/C32H40N4O5/c1-38-16-6-14-35-19-24-10-11-30(39-2)31(18-24)41-27-9-5-7-25(17-27)23-40-29-12-15-36(20-26-8-3-4-13-33-26)21-28(29)34-32(37)22-35/h3-5,7-11,13,17-18,28-29H,6,12,14-16,19-23H2,1-2H3,(H,34,37)/t28-,29+/m0/s1. The van der Waals surface area contributed by atoms with Crippen molar-refractivity contribution in [2.45, 2.75) is 44.7 Å². The average Bonchev–Trinajstić information content (AvgIpc) is 2.97. The van der Waals surface area contributed by atoms with Gasteiger partial charge in [0, 0.05) is 52.6 Å². The molecule has 0 radical (unpaired) electrons. The summed E-state index contributed by atoms with van der Waals surface area (Å²) in [6.45, 7) is 4.95. The smallest absolute Gasteiger partial charge is 0.234 e. The van der Waals surface area contributed by atoms with Crippen LogP contribution in [0.15, 0.2) is 66.9 Å². The number of methoxy groups -OCH3 is 2. The van der Waals surface area contributed by atoms with Crippen molar-refractivity contribution in [3.05, 3.63) is 83.7 Å². The van der Waals surface area contributed by atoms with E-state index in [4.69, 9.17) is 18.9 Å². The number of aromatic nitrogens is 1. The summed E-state index contributed by atoms with van der Waals surface area (Å²) >= 11 is 0. The fraction of sp³-hybridized carbons (Fsp3) is 0.438. The number of carbonyl (C=O) groups excluding carboxylic acids is 1. The number of likely N-dealkylation sites (tertiary alicyclic amines) is 1. The van der Waals surface area contributed by atoms with Crippen LogP contribution in [0.25, 0.3) is 0 Å². The number of piperidine rings is 1. The van der Waals surface area contributed by atoms with Gasteiger partial charge in [-0.25, -0.2) is 0 Å². The molecule has 218 valence electrons. The van der Waals surface area contributed by atoms with Gasteiger partial charge in [0.15, 0.2) is 11.5 Å². The Bertz CT molecular complexity index is 1270. The number of hydrogen-bond donors (Lipinski definition) is 1. The molecule has 3 heterocycles. The third-order valence-corrected chi connectivity index (χ3v) is 7.51. The number of nitrogens with one attached hydrogen (secondary N) is 1. The molecule has 4 bridgehead atoms. The van der Waals surface area contributed by atoms with Crippen LogP contribution in [0.4, 0.5) is 0 Å². The van der Waals surface area contributed by atoms with Gasteiger partial charge >= 0.3 is 0 Å². The zero-order valence-electron chi connectivity index (χ0n) is 24.0. The highest BCUT2D eigenvalue weighted by atomic mass is 16.5. The van der Waals surface area contributed by atoms with Crippen molar-refractivity contribution in [3.8, 4) is 17.2 Å². The fourth-order valence-corrected chi connectivity index (χ4v) is 5.49. The van der Waals surface area contributed by atoms with E-state index >= 15 is 0 Å². The maximum absolute atomic E-state index is 13.5. The van der Waals surface area contributed by atoms with Gasteiger partial charge in [-0.2, -0.15) is 0 Å². The van der Waals surface area contributed by atoms with E-state index in [-0.39, 0.29) is 24.6 Å². The van der Waals surface area contributed by atoms with Gasteiger partial charge in [-0.05, 0) is 60.4 Å². The first-order valence-corrected chi connectivity index (χ1v) is 14.3. The number of amides is 1. The molecule has 9 heteroatoms. The van der Waals surface area contributed by atoms with E-state index in [1.165, 1.54) is 0 Å². The predicted molar refractivity (Wildman–Crippen MR) is 156 cm³/mol. The van der Waals surface area contributed by atoms with E-state index < -0.39 is 0 Å². The molecule has 3 aromatic rings. The first kappa shape index (κ1) is 29.0. The molecule has 0 spiro atoms. The maximum atomic E-state index is 13.5. The van der Waals surface area contributed by atoms with Gasteiger partial charge in [-0.15, -0.1) is 0 Å². The fourth-order valence-electron chi connectivity index (χ4n) is 5.49. The molecule has 1 saturated heterocycles. The lowest BCUT2D eigenvalue weighted by Gasteiger charge is -2.39. The molecule has 1 amide bonds. The highest BCUT2D eigenvalue weighted by Gasteiger charge is 2.32. The van der Waals surface area contributed by atoms with Gasteiger partial charge in [0.2, 0.25) is 5.91 Å². The van der Waals surface area contributed by atoms with Gasteiger partial charge in [0.1, 0.15) is 5.75 Å². The molecule has 2 atom stereocenters. The number of ether oxygens (including phenoxy) is 4. The van der Waals surface area contributed by atoms with Crippen molar-refractivity contribution in [1.29, 1.82) is 0 Å². The molecule has 2 aromatic carbocycles. The summed E-state index contributed by atoms with van der Waals surface area (Å²) in [4.78, 5) is 22.5. The Kier molecular flexibility index (Phi) is 10.2. The van der Waals surface area contributed by atoms with Gasteiger partial charge in [0.05, 0.1) is 38.1 Å². The van der Waals surface area contributed by atoms with Crippen LogP contribution in [0, 0.1) is 0 Å². The molecule has 1 N–H and O–H groups in total. The second-order valence-corrected chi connectivity index (χ2v) is 10.7. The lowest BCUT2D eigenvalue weighted by Crippen LogP contribution is -2.57. The minimum Gasteiger partial charge on any atom is -0.493 e. The zero-order valence-corrected chi connectivity index (χ0v) is 24.0. The van der Waals surface area contributed by atoms with Crippen molar-refractivity contribution in [3.63, 3.8) is 0 Å². The Labute approximate surface area is 242 Å². The Balaban J connectivity index is 1.40. The average molecular weight is 561 g/mol.